The van der Waals surface area contributed by atoms with E-state index in [1.807, 2.05) is 32.4 Å². The smallest absolute Gasteiger partial charge is 0.306 e. The van der Waals surface area contributed by atoms with Crippen molar-refractivity contribution in [2.45, 2.75) is 12.5 Å². The molecule has 0 spiro atoms. The molecule has 2 rings (SSSR count). The molecule has 2 N–H and O–H groups in total. The first-order chi connectivity index (χ1) is 7.11. The van der Waals surface area contributed by atoms with Crippen LogP contribution in [-0.2, 0) is 4.79 Å². The van der Waals surface area contributed by atoms with E-state index in [9.17, 15) is 4.79 Å². The maximum Gasteiger partial charge on any atom is 0.306 e. The van der Waals surface area contributed by atoms with Gasteiger partial charge < -0.3 is 15.0 Å². The summed E-state index contributed by atoms with van der Waals surface area (Å²) in [6.07, 6.45) is 2.67. The van der Waals surface area contributed by atoms with Gasteiger partial charge in [0.05, 0.1) is 12.0 Å². The lowest BCUT2D eigenvalue weighted by atomic mass is 10.1. The first-order valence-corrected chi connectivity index (χ1v) is 5.13. The molecule has 0 bridgehead atoms. The average molecular weight is 208 g/mol. The van der Waals surface area contributed by atoms with Crippen molar-refractivity contribution in [2.24, 2.45) is 11.8 Å². The van der Waals surface area contributed by atoms with Crippen LogP contribution in [0.15, 0.2) is 18.3 Å². The minimum Gasteiger partial charge on any atom is -0.481 e. The Kier molecular flexibility index (Phi) is 2.52. The van der Waals surface area contributed by atoms with E-state index in [0.29, 0.717) is 0 Å². The highest BCUT2D eigenvalue weighted by Gasteiger charge is 2.49. The molecule has 1 saturated carbocycles. The van der Waals surface area contributed by atoms with Crippen molar-refractivity contribution in [3.63, 3.8) is 0 Å². The van der Waals surface area contributed by atoms with Crippen molar-refractivity contribution < 1.29 is 9.90 Å². The van der Waals surface area contributed by atoms with Gasteiger partial charge in [0, 0.05) is 11.9 Å². The fourth-order valence-corrected chi connectivity index (χ4v) is 2.27. The van der Waals surface area contributed by atoms with Crippen LogP contribution in [0.4, 0.5) is 0 Å². The Labute approximate surface area is 88.9 Å². The van der Waals surface area contributed by atoms with Crippen molar-refractivity contribution in [3.05, 3.63) is 24.0 Å². The number of rotatable bonds is 4. The summed E-state index contributed by atoms with van der Waals surface area (Å²) in [5.41, 5.74) is 1.11. The molecular formula is C11H16N2O2. The molecule has 15 heavy (non-hydrogen) atoms. The molecule has 1 aromatic heterocycles. The van der Waals surface area contributed by atoms with Crippen LogP contribution in [0.3, 0.4) is 0 Å². The SMILES string of the molecule is CN(C)C(c1ccc[nH]1)C1CC1C(=O)O. The van der Waals surface area contributed by atoms with Gasteiger partial charge in [0.15, 0.2) is 0 Å². The van der Waals surface area contributed by atoms with E-state index >= 15 is 0 Å². The first kappa shape index (κ1) is 10.2. The van der Waals surface area contributed by atoms with Gasteiger partial charge in [0.1, 0.15) is 0 Å². The summed E-state index contributed by atoms with van der Waals surface area (Å²) in [4.78, 5) is 16.1. The van der Waals surface area contributed by atoms with Crippen LogP contribution in [0.2, 0.25) is 0 Å². The van der Waals surface area contributed by atoms with E-state index in [1.54, 1.807) is 0 Å². The third-order valence-electron chi connectivity index (χ3n) is 3.06. The molecule has 0 saturated heterocycles. The van der Waals surface area contributed by atoms with Gasteiger partial charge in [-0.15, -0.1) is 0 Å². The topological polar surface area (TPSA) is 56.3 Å². The van der Waals surface area contributed by atoms with Crippen LogP contribution < -0.4 is 0 Å². The van der Waals surface area contributed by atoms with E-state index in [2.05, 4.69) is 9.88 Å². The number of carbonyl (C=O) groups is 1. The van der Waals surface area contributed by atoms with Crippen LogP contribution in [-0.4, -0.2) is 35.1 Å². The molecule has 1 aliphatic rings. The molecule has 1 aliphatic carbocycles. The molecule has 4 heteroatoms. The number of H-pyrrole nitrogens is 1. The Balaban J connectivity index is 2.13. The van der Waals surface area contributed by atoms with Crippen molar-refractivity contribution >= 4 is 5.97 Å². The molecule has 3 unspecified atom stereocenters. The number of aromatic amines is 1. The van der Waals surface area contributed by atoms with Gasteiger partial charge in [-0.05, 0) is 38.6 Å². The Morgan fingerprint density at radius 3 is 2.80 bits per heavy atom. The van der Waals surface area contributed by atoms with Gasteiger partial charge in [-0.3, -0.25) is 4.79 Å². The predicted octanol–water partition coefficient (Wildman–Crippen LogP) is 1.34. The van der Waals surface area contributed by atoms with Gasteiger partial charge in [0.2, 0.25) is 0 Å². The second-order valence-corrected chi connectivity index (χ2v) is 4.38. The Bertz CT molecular complexity index is 345. The zero-order chi connectivity index (χ0) is 11.0. The van der Waals surface area contributed by atoms with E-state index in [-0.39, 0.29) is 17.9 Å². The highest BCUT2D eigenvalue weighted by Crippen LogP contribution is 2.49. The monoisotopic (exact) mass is 208 g/mol. The van der Waals surface area contributed by atoms with Gasteiger partial charge in [-0.25, -0.2) is 0 Å². The summed E-state index contributed by atoms with van der Waals surface area (Å²) in [6.45, 7) is 0. The van der Waals surface area contributed by atoms with Crippen molar-refractivity contribution in [3.8, 4) is 0 Å². The molecule has 3 atom stereocenters. The molecule has 1 aromatic rings. The zero-order valence-electron chi connectivity index (χ0n) is 8.97. The summed E-state index contributed by atoms with van der Waals surface area (Å²) in [5.74, 6) is -0.588. The standard InChI is InChI=1S/C11H16N2O2/c1-13(2)10(9-4-3-5-12-9)7-6-8(7)11(14)15/h3-5,7-8,10,12H,6H2,1-2H3,(H,14,15). The van der Waals surface area contributed by atoms with Crippen LogP contribution in [0.5, 0.6) is 0 Å². The van der Waals surface area contributed by atoms with Crippen molar-refractivity contribution in [1.82, 2.24) is 9.88 Å². The zero-order valence-corrected chi connectivity index (χ0v) is 8.97. The van der Waals surface area contributed by atoms with Crippen LogP contribution in [0, 0.1) is 11.8 Å². The average Bonchev–Trinajstić information content (AvgIpc) is 2.72. The van der Waals surface area contributed by atoms with Crippen molar-refractivity contribution in [2.75, 3.05) is 14.1 Å². The van der Waals surface area contributed by atoms with Gasteiger partial charge in [-0.2, -0.15) is 0 Å². The van der Waals surface area contributed by atoms with E-state index < -0.39 is 5.97 Å². The lowest BCUT2D eigenvalue weighted by molar-refractivity contribution is -0.139. The highest BCUT2D eigenvalue weighted by molar-refractivity contribution is 5.73. The van der Waals surface area contributed by atoms with Crippen LogP contribution in [0.25, 0.3) is 0 Å². The Morgan fingerprint density at radius 2 is 2.40 bits per heavy atom. The number of nitrogens with zero attached hydrogens (tertiary/aromatic N) is 1. The number of nitrogens with one attached hydrogen (secondary N) is 1. The van der Waals surface area contributed by atoms with E-state index in [1.165, 1.54) is 0 Å². The second-order valence-electron chi connectivity index (χ2n) is 4.38. The van der Waals surface area contributed by atoms with Gasteiger partial charge in [0.25, 0.3) is 0 Å². The molecular weight excluding hydrogens is 192 g/mol. The molecule has 1 fully saturated rings. The Morgan fingerprint density at radius 1 is 1.67 bits per heavy atom. The van der Waals surface area contributed by atoms with Gasteiger partial charge >= 0.3 is 5.97 Å². The van der Waals surface area contributed by atoms with E-state index in [0.717, 1.165) is 12.1 Å². The lowest BCUT2D eigenvalue weighted by Crippen LogP contribution is -2.23. The summed E-state index contributed by atoms with van der Waals surface area (Å²) in [6, 6.07) is 4.16. The quantitative estimate of drug-likeness (QED) is 0.785. The fourth-order valence-electron chi connectivity index (χ4n) is 2.27. The van der Waals surface area contributed by atoms with Gasteiger partial charge in [-0.1, -0.05) is 0 Å². The normalized spacial score (nSPS) is 26.6. The molecule has 4 nitrogen and oxygen atoms in total. The minimum absolute atomic E-state index is 0.166. The van der Waals surface area contributed by atoms with E-state index in [4.69, 9.17) is 5.11 Å². The Hall–Kier alpha value is -1.29. The maximum atomic E-state index is 10.8. The molecule has 0 aliphatic heterocycles. The molecule has 0 aromatic carbocycles. The summed E-state index contributed by atoms with van der Waals surface area (Å²) < 4.78 is 0. The predicted molar refractivity (Wildman–Crippen MR) is 56.5 cm³/mol. The summed E-state index contributed by atoms with van der Waals surface area (Å²) >= 11 is 0. The third kappa shape index (κ3) is 1.90. The molecule has 0 amide bonds. The third-order valence-corrected chi connectivity index (χ3v) is 3.06. The number of aliphatic carboxylic acids is 1. The van der Waals surface area contributed by atoms with Crippen LogP contribution in [0.1, 0.15) is 18.2 Å². The minimum atomic E-state index is -0.668. The second kappa shape index (κ2) is 3.70. The maximum absolute atomic E-state index is 10.8. The molecule has 82 valence electrons. The lowest BCUT2D eigenvalue weighted by Gasteiger charge is -2.23. The first-order valence-electron chi connectivity index (χ1n) is 5.13. The highest BCUT2D eigenvalue weighted by atomic mass is 16.4. The summed E-state index contributed by atoms with van der Waals surface area (Å²) in [7, 11) is 3.98. The molecule has 1 heterocycles. The fraction of sp³-hybridized carbons (Fsp3) is 0.545. The number of hydrogen-bond donors (Lipinski definition) is 2. The molecule has 0 radical (unpaired) electrons. The summed E-state index contributed by atoms with van der Waals surface area (Å²) in [5, 5.41) is 8.92. The number of carboxylic acids is 1. The number of aromatic nitrogens is 1. The van der Waals surface area contributed by atoms with Crippen LogP contribution >= 0.6 is 0 Å². The number of carboxylic acid groups (broad SMARTS) is 1. The largest absolute Gasteiger partial charge is 0.481 e. The van der Waals surface area contributed by atoms with Crippen molar-refractivity contribution in [1.29, 1.82) is 0 Å². The number of hydrogen-bond acceptors (Lipinski definition) is 2.